The van der Waals surface area contributed by atoms with E-state index in [4.69, 9.17) is 17.0 Å². The Labute approximate surface area is 164 Å². The van der Waals surface area contributed by atoms with Gasteiger partial charge < -0.3 is 4.74 Å². The molecule has 28 heavy (non-hydrogen) atoms. The molecule has 1 atom stereocenters. The highest BCUT2D eigenvalue weighted by molar-refractivity contribution is 7.71. The molecular weight excluding hydrogens is 370 g/mol. The van der Waals surface area contributed by atoms with E-state index in [1.165, 1.54) is 0 Å². The Hall–Kier alpha value is -3.58. The quantitative estimate of drug-likeness (QED) is 0.420. The fourth-order valence-corrected chi connectivity index (χ4v) is 4.19. The molecule has 0 spiro atoms. The maximum absolute atomic E-state index is 6.33. The van der Waals surface area contributed by atoms with Crippen LogP contribution in [-0.4, -0.2) is 25.0 Å². The highest BCUT2D eigenvalue weighted by Gasteiger charge is 2.34. The van der Waals surface area contributed by atoms with Crippen LogP contribution in [-0.2, 0) is 0 Å². The van der Waals surface area contributed by atoms with Gasteiger partial charge in [0.2, 0.25) is 10.7 Å². The largest absolute Gasteiger partial charge is 0.437 e. The minimum Gasteiger partial charge on any atom is -0.437 e. The van der Waals surface area contributed by atoms with E-state index in [1.807, 2.05) is 30.3 Å². The molecule has 1 aliphatic rings. The third-order valence-electron chi connectivity index (χ3n) is 5.20. The Balaban J connectivity index is 1.75. The van der Waals surface area contributed by atoms with E-state index in [0.29, 0.717) is 16.3 Å². The van der Waals surface area contributed by atoms with Crippen LogP contribution in [0.1, 0.15) is 22.6 Å². The molecule has 6 rings (SSSR count). The first-order valence-corrected chi connectivity index (χ1v) is 9.30. The molecule has 5 aromatic rings. The van der Waals surface area contributed by atoms with Crippen LogP contribution >= 0.6 is 12.2 Å². The van der Waals surface area contributed by atoms with E-state index in [2.05, 4.69) is 56.9 Å². The normalized spacial score (nSPS) is 15.2. The third-order valence-corrected chi connectivity index (χ3v) is 5.48. The highest BCUT2D eigenvalue weighted by atomic mass is 32.1. The molecule has 2 aromatic heterocycles. The van der Waals surface area contributed by atoms with Crippen LogP contribution in [0.4, 0.5) is 0 Å². The van der Waals surface area contributed by atoms with Crippen LogP contribution < -0.4 is 4.74 Å². The second-order valence-corrected chi connectivity index (χ2v) is 7.09. The summed E-state index contributed by atoms with van der Waals surface area (Å²) in [4.78, 5) is 4.54. The van der Waals surface area contributed by atoms with E-state index < -0.39 is 0 Å². The highest BCUT2D eigenvalue weighted by Crippen LogP contribution is 2.49. The molecule has 7 heteroatoms. The first-order valence-electron chi connectivity index (χ1n) is 8.89. The molecule has 134 valence electrons. The van der Waals surface area contributed by atoms with Crippen LogP contribution in [0.3, 0.4) is 0 Å². The molecule has 1 aliphatic heterocycles. The average Bonchev–Trinajstić information content (AvgIpc) is 3.23. The van der Waals surface area contributed by atoms with Crippen molar-refractivity contribution < 1.29 is 4.74 Å². The summed E-state index contributed by atoms with van der Waals surface area (Å²) >= 11 is 5.40. The van der Waals surface area contributed by atoms with Crippen LogP contribution in [0.15, 0.2) is 66.7 Å². The first-order chi connectivity index (χ1) is 13.8. The molecule has 0 radical (unpaired) electrons. The zero-order valence-corrected chi connectivity index (χ0v) is 15.4. The van der Waals surface area contributed by atoms with E-state index >= 15 is 0 Å². The van der Waals surface area contributed by atoms with Crippen LogP contribution in [0.5, 0.6) is 11.6 Å². The van der Waals surface area contributed by atoms with Gasteiger partial charge in [0.15, 0.2) is 5.65 Å². The SMILES string of the molecule is S=c1nc2c(c3nn[nH]n13)C(c1ccccc1)c1ccc3ccccc3c1O2. The molecule has 1 N–H and O–H groups in total. The Morgan fingerprint density at radius 3 is 2.68 bits per heavy atom. The predicted molar refractivity (Wildman–Crippen MR) is 107 cm³/mol. The van der Waals surface area contributed by atoms with Crippen molar-refractivity contribution in [2.24, 2.45) is 0 Å². The number of tetrazole rings is 1. The van der Waals surface area contributed by atoms with Gasteiger partial charge in [0.25, 0.3) is 0 Å². The molecule has 0 amide bonds. The molecule has 1 unspecified atom stereocenters. The van der Waals surface area contributed by atoms with Gasteiger partial charge in [0.05, 0.1) is 5.56 Å². The van der Waals surface area contributed by atoms with Crippen molar-refractivity contribution in [1.29, 1.82) is 0 Å². The van der Waals surface area contributed by atoms with Gasteiger partial charge in [-0.3, -0.25) is 0 Å². The Kier molecular flexibility index (Phi) is 3.15. The number of fused-ring (bicyclic) bond motifs is 6. The zero-order valence-electron chi connectivity index (χ0n) is 14.5. The number of H-pyrrole nitrogens is 1. The standard InChI is InChI=1S/C21H13N5OS/c28-21-22-20-17(19-23-24-25-26(19)21)16(13-7-2-1-3-8-13)15-11-10-12-6-4-5-9-14(12)18(15)27-20/h1-11,16H,(H,23,25). The second-order valence-electron chi connectivity index (χ2n) is 6.72. The summed E-state index contributed by atoms with van der Waals surface area (Å²) in [5.41, 5.74) is 3.69. The van der Waals surface area contributed by atoms with Crippen molar-refractivity contribution in [3.05, 3.63) is 88.2 Å². The number of aromatic nitrogens is 5. The summed E-state index contributed by atoms with van der Waals surface area (Å²) < 4.78 is 8.27. The monoisotopic (exact) mass is 383 g/mol. The number of rotatable bonds is 1. The number of benzene rings is 3. The predicted octanol–water partition coefficient (Wildman–Crippen LogP) is 4.62. The zero-order chi connectivity index (χ0) is 18.7. The van der Waals surface area contributed by atoms with E-state index in [1.54, 1.807) is 4.52 Å². The lowest BCUT2D eigenvalue weighted by Crippen LogP contribution is -2.15. The van der Waals surface area contributed by atoms with Gasteiger partial charge in [-0.1, -0.05) is 71.9 Å². The van der Waals surface area contributed by atoms with Gasteiger partial charge in [0, 0.05) is 16.9 Å². The van der Waals surface area contributed by atoms with Gasteiger partial charge in [0.1, 0.15) is 5.75 Å². The molecule has 0 aliphatic carbocycles. The number of hydrogen-bond donors (Lipinski definition) is 1. The Morgan fingerprint density at radius 1 is 0.964 bits per heavy atom. The Morgan fingerprint density at radius 2 is 1.79 bits per heavy atom. The van der Waals surface area contributed by atoms with Crippen LogP contribution in [0, 0.1) is 4.77 Å². The summed E-state index contributed by atoms with van der Waals surface area (Å²) in [7, 11) is 0. The number of aromatic amines is 1. The summed E-state index contributed by atoms with van der Waals surface area (Å²) in [5.74, 6) is 1.21. The number of nitrogens with zero attached hydrogens (tertiary/aromatic N) is 4. The van der Waals surface area contributed by atoms with Crippen molar-refractivity contribution in [3.63, 3.8) is 0 Å². The summed E-state index contributed by atoms with van der Waals surface area (Å²) in [6.07, 6.45) is 0. The van der Waals surface area contributed by atoms with E-state index in [9.17, 15) is 0 Å². The van der Waals surface area contributed by atoms with Gasteiger partial charge >= 0.3 is 0 Å². The number of ether oxygens (including phenoxy) is 1. The molecule has 0 saturated carbocycles. The van der Waals surface area contributed by atoms with Crippen molar-refractivity contribution in [1.82, 2.24) is 25.0 Å². The summed E-state index contributed by atoms with van der Waals surface area (Å²) in [6.45, 7) is 0. The molecule has 0 fully saturated rings. The summed E-state index contributed by atoms with van der Waals surface area (Å²) in [5, 5.41) is 13.2. The van der Waals surface area contributed by atoms with Crippen molar-refractivity contribution in [3.8, 4) is 11.6 Å². The van der Waals surface area contributed by atoms with Crippen molar-refractivity contribution >= 4 is 28.6 Å². The second kappa shape index (κ2) is 5.71. The molecule has 0 bridgehead atoms. The van der Waals surface area contributed by atoms with Gasteiger partial charge in [-0.25, -0.2) is 0 Å². The van der Waals surface area contributed by atoms with Crippen LogP contribution in [0.2, 0.25) is 0 Å². The lowest BCUT2D eigenvalue weighted by molar-refractivity contribution is 0.436. The molecule has 6 nitrogen and oxygen atoms in total. The van der Waals surface area contributed by atoms with Crippen LogP contribution in [0.25, 0.3) is 16.4 Å². The summed E-state index contributed by atoms with van der Waals surface area (Å²) in [6, 6.07) is 22.7. The van der Waals surface area contributed by atoms with Crippen molar-refractivity contribution in [2.75, 3.05) is 0 Å². The number of hydrogen-bond acceptors (Lipinski definition) is 5. The smallest absolute Gasteiger partial charge is 0.230 e. The molecule has 3 heterocycles. The lowest BCUT2D eigenvalue weighted by atomic mass is 9.83. The molecular formula is C21H13N5OS. The maximum atomic E-state index is 6.33. The number of nitrogens with one attached hydrogen (secondary N) is 1. The third kappa shape index (κ3) is 2.07. The fraction of sp³-hybridized carbons (Fsp3) is 0.0476. The van der Waals surface area contributed by atoms with Gasteiger partial charge in [-0.15, -0.1) is 5.10 Å². The van der Waals surface area contributed by atoms with Crippen molar-refractivity contribution in [2.45, 2.75) is 5.92 Å². The minimum atomic E-state index is -0.0900. The first kappa shape index (κ1) is 15.5. The lowest BCUT2D eigenvalue weighted by Gasteiger charge is -2.28. The van der Waals surface area contributed by atoms with E-state index in [0.717, 1.165) is 33.2 Å². The minimum absolute atomic E-state index is 0.0900. The fourth-order valence-electron chi connectivity index (χ4n) is 3.98. The van der Waals surface area contributed by atoms with Gasteiger partial charge in [-0.2, -0.15) is 14.7 Å². The van der Waals surface area contributed by atoms with Gasteiger partial charge in [-0.05, 0) is 23.2 Å². The Bertz CT molecular complexity index is 1420. The molecule has 0 saturated heterocycles. The van der Waals surface area contributed by atoms with E-state index in [-0.39, 0.29) is 5.92 Å². The topological polar surface area (TPSA) is 68.1 Å². The maximum Gasteiger partial charge on any atom is 0.230 e. The average molecular weight is 383 g/mol. The molecule has 3 aromatic carbocycles.